The quantitative estimate of drug-likeness (QED) is 0.718. The number of halogens is 1. The Kier molecular flexibility index (Phi) is 4.78. The Morgan fingerprint density at radius 2 is 2.25 bits per heavy atom. The normalized spacial score (nSPS) is 14.2. The molecule has 0 bridgehead atoms. The second kappa shape index (κ2) is 6.20. The van der Waals surface area contributed by atoms with Gasteiger partial charge in [0, 0.05) is 34.0 Å². The van der Waals surface area contributed by atoms with E-state index in [0.29, 0.717) is 18.0 Å². The van der Waals surface area contributed by atoms with Gasteiger partial charge in [-0.05, 0) is 47.3 Å². The number of pyridine rings is 1. The number of nitrogens with one attached hydrogen (secondary N) is 1. The second-order valence-electron chi connectivity index (χ2n) is 5.04. The van der Waals surface area contributed by atoms with Crippen molar-refractivity contribution >= 4 is 50.0 Å². The molecule has 0 amide bonds. The molecule has 0 aliphatic heterocycles. The number of nitrogens with zero attached hydrogens (tertiary/aromatic N) is 1. The molecule has 4 nitrogen and oxygen atoms in total. The Labute approximate surface area is 131 Å². The van der Waals surface area contributed by atoms with Crippen molar-refractivity contribution in [1.29, 1.82) is 0 Å². The molecular formula is C14H18BrN3OS. The van der Waals surface area contributed by atoms with Gasteiger partial charge >= 0.3 is 0 Å². The van der Waals surface area contributed by atoms with Crippen LogP contribution in [0.1, 0.15) is 6.92 Å². The maximum absolute atomic E-state index is 10.2. The molecule has 20 heavy (non-hydrogen) atoms. The standard InChI is InChI=1S/C14H18BrN3OS/c1-14(19,8-20-2)7-18-12-4-3-11(16)10-5-9(15)6-17-13(10)12/h3-6,18-19H,7-8,16H2,1-2H3. The molecule has 1 aromatic heterocycles. The number of aliphatic hydroxyl groups is 1. The van der Waals surface area contributed by atoms with Crippen LogP contribution in [0.2, 0.25) is 0 Å². The number of anilines is 2. The maximum Gasteiger partial charge on any atom is 0.0954 e. The van der Waals surface area contributed by atoms with Crippen LogP contribution in [0.3, 0.4) is 0 Å². The zero-order valence-electron chi connectivity index (χ0n) is 11.5. The lowest BCUT2D eigenvalue weighted by atomic mass is 10.1. The summed E-state index contributed by atoms with van der Waals surface area (Å²) in [7, 11) is 0. The van der Waals surface area contributed by atoms with E-state index < -0.39 is 5.60 Å². The molecule has 4 N–H and O–H groups in total. The molecule has 0 aliphatic carbocycles. The van der Waals surface area contributed by atoms with Crippen LogP contribution in [0.4, 0.5) is 11.4 Å². The van der Waals surface area contributed by atoms with Crippen molar-refractivity contribution in [2.45, 2.75) is 12.5 Å². The lowest BCUT2D eigenvalue weighted by molar-refractivity contribution is 0.0997. The Hall–Kier alpha value is -0.980. The van der Waals surface area contributed by atoms with Crippen molar-refractivity contribution in [2.75, 3.05) is 29.6 Å². The summed E-state index contributed by atoms with van der Waals surface area (Å²) in [6.45, 7) is 2.28. The van der Waals surface area contributed by atoms with Crippen LogP contribution < -0.4 is 11.1 Å². The van der Waals surface area contributed by atoms with Crippen LogP contribution in [0.5, 0.6) is 0 Å². The monoisotopic (exact) mass is 355 g/mol. The number of aromatic nitrogens is 1. The van der Waals surface area contributed by atoms with Gasteiger partial charge in [0.15, 0.2) is 0 Å². The molecule has 0 radical (unpaired) electrons. The highest BCUT2D eigenvalue weighted by Gasteiger charge is 2.19. The number of rotatable bonds is 5. The molecule has 2 rings (SSSR count). The van der Waals surface area contributed by atoms with E-state index in [4.69, 9.17) is 5.73 Å². The predicted octanol–water partition coefficient (Wildman–Crippen LogP) is 3.11. The molecule has 0 fully saturated rings. The van der Waals surface area contributed by atoms with Crippen LogP contribution >= 0.6 is 27.7 Å². The number of nitrogen functional groups attached to an aromatic ring is 1. The Bertz CT molecular complexity index is 619. The summed E-state index contributed by atoms with van der Waals surface area (Å²) in [5.74, 6) is 0.673. The summed E-state index contributed by atoms with van der Waals surface area (Å²) >= 11 is 5.02. The number of benzene rings is 1. The van der Waals surface area contributed by atoms with Gasteiger partial charge in [-0.2, -0.15) is 11.8 Å². The van der Waals surface area contributed by atoms with Crippen LogP contribution in [0.25, 0.3) is 10.9 Å². The lowest BCUT2D eigenvalue weighted by Crippen LogP contribution is -2.36. The Morgan fingerprint density at radius 3 is 2.95 bits per heavy atom. The average molecular weight is 356 g/mol. The summed E-state index contributed by atoms with van der Waals surface area (Å²) in [4.78, 5) is 4.41. The first-order valence-corrected chi connectivity index (χ1v) is 8.40. The van der Waals surface area contributed by atoms with Crippen molar-refractivity contribution in [2.24, 2.45) is 0 Å². The van der Waals surface area contributed by atoms with E-state index in [2.05, 4.69) is 26.2 Å². The minimum atomic E-state index is -0.761. The predicted molar refractivity (Wildman–Crippen MR) is 91.4 cm³/mol. The van der Waals surface area contributed by atoms with Crippen molar-refractivity contribution in [3.8, 4) is 0 Å². The van der Waals surface area contributed by atoms with Gasteiger partial charge < -0.3 is 16.2 Å². The van der Waals surface area contributed by atoms with E-state index in [0.717, 1.165) is 21.1 Å². The van der Waals surface area contributed by atoms with Crippen LogP contribution in [0.15, 0.2) is 28.9 Å². The summed E-state index contributed by atoms with van der Waals surface area (Å²) in [5.41, 5.74) is 7.60. The highest BCUT2D eigenvalue weighted by molar-refractivity contribution is 9.10. The van der Waals surface area contributed by atoms with Gasteiger partial charge in [-0.1, -0.05) is 0 Å². The van der Waals surface area contributed by atoms with E-state index in [1.165, 1.54) is 0 Å². The summed E-state index contributed by atoms with van der Waals surface area (Å²) in [5, 5.41) is 14.4. The van der Waals surface area contributed by atoms with Gasteiger partial charge in [-0.3, -0.25) is 4.98 Å². The van der Waals surface area contributed by atoms with Crippen molar-refractivity contribution in [3.63, 3.8) is 0 Å². The summed E-state index contributed by atoms with van der Waals surface area (Å²) < 4.78 is 0.892. The van der Waals surface area contributed by atoms with E-state index in [1.807, 2.05) is 31.4 Å². The first kappa shape index (κ1) is 15.4. The van der Waals surface area contributed by atoms with Gasteiger partial charge in [-0.15, -0.1) is 0 Å². The fraction of sp³-hybridized carbons (Fsp3) is 0.357. The van der Waals surface area contributed by atoms with Gasteiger partial charge in [-0.25, -0.2) is 0 Å². The molecular weight excluding hydrogens is 338 g/mol. The smallest absolute Gasteiger partial charge is 0.0954 e. The molecule has 1 heterocycles. The SMILES string of the molecule is CSCC(C)(O)CNc1ccc(N)c2cc(Br)cnc12. The summed E-state index contributed by atoms with van der Waals surface area (Å²) in [6, 6.07) is 5.69. The summed E-state index contributed by atoms with van der Waals surface area (Å²) in [6.07, 6.45) is 3.72. The van der Waals surface area contributed by atoms with Gasteiger partial charge in [0.05, 0.1) is 16.8 Å². The molecule has 108 valence electrons. The van der Waals surface area contributed by atoms with Crippen LogP contribution in [0, 0.1) is 0 Å². The Balaban J connectivity index is 2.29. The van der Waals surface area contributed by atoms with Crippen LogP contribution in [-0.2, 0) is 0 Å². The highest BCUT2D eigenvalue weighted by Crippen LogP contribution is 2.29. The van der Waals surface area contributed by atoms with Crippen molar-refractivity contribution in [1.82, 2.24) is 4.98 Å². The third-order valence-electron chi connectivity index (χ3n) is 2.96. The fourth-order valence-electron chi connectivity index (χ4n) is 2.01. The van der Waals surface area contributed by atoms with E-state index in [1.54, 1.807) is 18.0 Å². The molecule has 6 heteroatoms. The molecule has 1 aromatic carbocycles. The number of nitrogens with two attached hydrogens (primary N) is 1. The number of thioether (sulfide) groups is 1. The topological polar surface area (TPSA) is 71.2 Å². The minimum absolute atomic E-state index is 0.463. The number of fused-ring (bicyclic) bond motifs is 1. The van der Waals surface area contributed by atoms with E-state index >= 15 is 0 Å². The van der Waals surface area contributed by atoms with E-state index in [9.17, 15) is 5.11 Å². The maximum atomic E-state index is 10.2. The lowest BCUT2D eigenvalue weighted by Gasteiger charge is -2.23. The molecule has 1 atom stereocenters. The van der Waals surface area contributed by atoms with Gasteiger partial charge in [0.1, 0.15) is 0 Å². The van der Waals surface area contributed by atoms with Crippen molar-refractivity contribution in [3.05, 3.63) is 28.9 Å². The zero-order valence-corrected chi connectivity index (χ0v) is 13.9. The zero-order chi connectivity index (χ0) is 14.8. The number of hydrogen-bond donors (Lipinski definition) is 3. The molecule has 0 spiro atoms. The van der Waals surface area contributed by atoms with Gasteiger partial charge in [0.2, 0.25) is 0 Å². The van der Waals surface area contributed by atoms with Crippen LogP contribution in [-0.4, -0.2) is 34.2 Å². The molecule has 0 saturated heterocycles. The average Bonchev–Trinajstić information content (AvgIpc) is 2.38. The highest BCUT2D eigenvalue weighted by atomic mass is 79.9. The first-order chi connectivity index (χ1) is 9.43. The third kappa shape index (κ3) is 3.56. The molecule has 0 saturated carbocycles. The third-order valence-corrected chi connectivity index (χ3v) is 4.31. The molecule has 1 unspecified atom stereocenters. The first-order valence-electron chi connectivity index (χ1n) is 6.22. The second-order valence-corrected chi connectivity index (χ2v) is 6.82. The number of hydrogen-bond acceptors (Lipinski definition) is 5. The Morgan fingerprint density at radius 1 is 1.50 bits per heavy atom. The molecule has 0 aliphatic rings. The minimum Gasteiger partial charge on any atom is -0.398 e. The van der Waals surface area contributed by atoms with Crippen molar-refractivity contribution < 1.29 is 5.11 Å². The molecule has 2 aromatic rings. The largest absolute Gasteiger partial charge is 0.398 e. The fourth-order valence-corrected chi connectivity index (χ4v) is 3.06. The van der Waals surface area contributed by atoms with Gasteiger partial charge in [0.25, 0.3) is 0 Å². The van der Waals surface area contributed by atoms with E-state index in [-0.39, 0.29) is 0 Å².